The van der Waals surface area contributed by atoms with Crippen molar-refractivity contribution in [2.75, 3.05) is 5.32 Å². The van der Waals surface area contributed by atoms with Gasteiger partial charge in [0, 0.05) is 5.56 Å². The molecule has 22 heavy (non-hydrogen) atoms. The summed E-state index contributed by atoms with van der Waals surface area (Å²) in [5, 5.41) is 21.1. The van der Waals surface area contributed by atoms with Gasteiger partial charge in [0.05, 0.1) is 5.02 Å². The lowest BCUT2D eigenvalue weighted by atomic mass is 9.68. The van der Waals surface area contributed by atoms with Crippen molar-refractivity contribution >= 4 is 39.9 Å². The van der Waals surface area contributed by atoms with E-state index < -0.39 is 17.3 Å². The topological polar surface area (TPSA) is 92.2 Å². The molecular weight excluding hydrogens is 326 g/mol. The van der Waals surface area contributed by atoms with Crippen LogP contribution in [0.1, 0.15) is 19.3 Å². The minimum Gasteiger partial charge on any atom is -0.480 e. The third-order valence-corrected chi connectivity index (χ3v) is 5.00. The standard InChI is InChI=1S/C14H12ClN3O3S/c15-9-5-2-1-4-8(9)10-17-18-13(22-10)16-11(19)14(12(20)21)6-3-7-14/h1-2,4-5H,3,6-7H2,(H,20,21)(H,16,18,19). The number of halogens is 1. The summed E-state index contributed by atoms with van der Waals surface area (Å²) in [5.74, 6) is -1.62. The Kier molecular flexibility index (Phi) is 3.84. The largest absolute Gasteiger partial charge is 0.480 e. The van der Waals surface area contributed by atoms with Gasteiger partial charge in [0.2, 0.25) is 11.0 Å². The van der Waals surface area contributed by atoms with Gasteiger partial charge in [0.1, 0.15) is 5.41 Å². The normalized spacial score (nSPS) is 15.9. The van der Waals surface area contributed by atoms with Gasteiger partial charge in [-0.15, -0.1) is 10.2 Å². The van der Waals surface area contributed by atoms with Gasteiger partial charge in [0.15, 0.2) is 5.01 Å². The van der Waals surface area contributed by atoms with Gasteiger partial charge < -0.3 is 5.11 Å². The zero-order valence-electron chi connectivity index (χ0n) is 11.4. The van der Waals surface area contributed by atoms with Crippen LogP contribution in [0.15, 0.2) is 24.3 Å². The van der Waals surface area contributed by atoms with Gasteiger partial charge in [-0.25, -0.2) is 0 Å². The van der Waals surface area contributed by atoms with Gasteiger partial charge in [-0.2, -0.15) is 0 Å². The molecule has 8 heteroatoms. The lowest BCUT2D eigenvalue weighted by Crippen LogP contribution is -2.48. The molecule has 2 N–H and O–H groups in total. The Morgan fingerprint density at radius 3 is 2.59 bits per heavy atom. The molecule has 0 spiro atoms. The molecule has 0 saturated heterocycles. The minimum atomic E-state index is -1.32. The van der Waals surface area contributed by atoms with Crippen molar-refractivity contribution in [2.24, 2.45) is 5.41 Å². The first kappa shape index (κ1) is 14.9. The van der Waals surface area contributed by atoms with Crippen molar-refractivity contribution in [1.29, 1.82) is 0 Å². The van der Waals surface area contributed by atoms with E-state index in [-0.39, 0.29) is 5.13 Å². The molecule has 1 fully saturated rings. The number of benzene rings is 1. The summed E-state index contributed by atoms with van der Waals surface area (Å²) in [4.78, 5) is 23.5. The van der Waals surface area contributed by atoms with Crippen molar-refractivity contribution in [3.8, 4) is 10.6 Å². The number of aromatic nitrogens is 2. The Morgan fingerprint density at radius 1 is 1.27 bits per heavy atom. The molecule has 0 aliphatic heterocycles. The van der Waals surface area contributed by atoms with Gasteiger partial charge in [-0.1, -0.05) is 47.6 Å². The Labute approximate surface area is 135 Å². The van der Waals surface area contributed by atoms with Crippen LogP contribution >= 0.6 is 22.9 Å². The number of aliphatic carboxylic acids is 1. The van der Waals surface area contributed by atoms with E-state index in [0.717, 1.165) is 23.3 Å². The maximum absolute atomic E-state index is 12.2. The Balaban J connectivity index is 1.79. The van der Waals surface area contributed by atoms with Crippen LogP contribution in [-0.4, -0.2) is 27.2 Å². The molecule has 1 amide bonds. The zero-order chi connectivity index (χ0) is 15.7. The predicted molar refractivity (Wildman–Crippen MR) is 82.9 cm³/mol. The molecule has 1 heterocycles. The molecule has 2 aromatic rings. The number of amides is 1. The lowest BCUT2D eigenvalue weighted by Gasteiger charge is -2.35. The fraction of sp³-hybridized carbons (Fsp3) is 0.286. The van der Waals surface area contributed by atoms with Crippen molar-refractivity contribution in [1.82, 2.24) is 10.2 Å². The van der Waals surface area contributed by atoms with Crippen LogP contribution in [0.3, 0.4) is 0 Å². The Hall–Kier alpha value is -1.99. The Bertz CT molecular complexity index is 742. The molecule has 1 aromatic carbocycles. The molecule has 1 aromatic heterocycles. The lowest BCUT2D eigenvalue weighted by molar-refractivity contribution is -0.159. The van der Waals surface area contributed by atoms with E-state index in [0.29, 0.717) is 22.9 Å². The second-order valence-corrected chi connectivity index (χ2v) is 6.47. The highest BCUT2D eigenvalue weighted by Crippen LogP contribution is 2.42. The van der Waals surface area contributed by atoms with E-state index in [9.17, 15) is 14.7 Å². The van der Waals surface area contributed by atoms with E-state index in [2.05, 4.69) is 15.5 Å². The molecule has 1 aliphatic rings. The van der Waals surface area contributed by atoms with E-state index >= 15 is 0 Å². The first-order valence-electron chi connectivity index (χ1n) is 6.66. The first-order chi connectivity index (χ1) is 10.5. The summed E-state index contributed by atoms with van der Waals surface area (Å²) in [5.41, 5.74) is -0.602. The zero-order valence-corrected chi connectivity index (χ0v) is 12.9. The summed E-state index contributed by atoms with van der Waals surface area (Å²) in [6, 6.07) is 7.18. The molecule has 114 valence electrons. The van der Waals surface area contributed by atoms with Gasteiger partial charge >= 0.3 is 5.97 Å². The van der Waals surface area contributed by atoms with E-state index in [1.54, 1.807) is 12.1 Å². The SMILES string of the molecule is O=C(O)C1(C(=O)Nc2nnc(-c3ccccc3Cl)s2)CCC1. The third-order valence-electron chi connectivity index (χ3n) is 3.80. The molecule has 1 aliphatic carbocycles. The maximum Gasteiger partial charge on any atom is 0.319 e. The van der Waals surface area contributed by atoms with Crippen LogP contribution in [0.2, 0.25) is 5.02 Å². The average Bonchev–Trinajstić information content (AvgIpc) is 2.85. The highest BCUT2D eigenvalue weighted by Gasteiger charge is 2.51. The minimum absolute atomic E-state index is 0.271. The van der Waals surface area contributed by atoms with Gasteiger partial charge in [-0.05, 0) is 18.9 Å². The molecular formula is C14H12ClN3O3S. The number of rotatable bonds is 4. The van der Waals surface area contributed by atoms with Crippen molar-refractivity contribution < 1.29 is 14.7 Å². The number of hydrogen-bond acceptors (Lipinski definition) is 5. The molecule has 1 saturated carbocycles. The number of carboxylic acids is 1. The number of carbonyl (C=O) groups excluding carboxylic acids is 1. The first-order valence-corrected chi connectivity index (χ1v) is 7.86. The van der Waals surface area contributed by atoms with Crippen LogP contribution in [0.25, 0.3) is 10.6 Å². The van der Waals surface area contributed by atoms with Crippen LogP contribution in [0, 0.1) is 5.41 Å². The number of carbonyl (C=O) groups is 2. The van der Waals surface area contributed by atoms with Crippen molar-refractivity contribution in [3.05, 3.63) is 29.3 Å². The number of nitrogens with one attached hydrogen (secondary N) is 1. The smallest absolute Gasteiger partial charge is 0.319 e. The number of carboxylic acid groups (broad SMARTS) is 1. The second kappa shape index (κ2) is 5.66. The monoisotopic (exact) mass is 337 g/mol. The number of hydrogen-bond donors (Lipinski definition) is 2. The summed E-state index contributed by atoms with van der Waals surface area (Å²) in [6.45, 7) is 0. The quantitative estimate of drug-likeness (QED) is 0.836. The van der Waals surface area contributed by atoms with E-state index in [4.69, 9.17) is 11.6 Å². The van der Waals surface area contributed by atoms with Crippen molar-refractivity contribution in [3.63, 3.8) is 0 Å². The average molecular weight is 338 g/mol. The molecule has 0 atom stereocenters. The number of nitrogens with zero attached hydrogens (tertiary/aromatic N) is 2. The second-order valence-electron chi connectivity index (χ2n) is 5.09. The molecule has 3 rings (SSSR count). The molecule has 0 bridgehead atoms. The highest BCUT2D eigenvalue weighted by molar-refractivity contribution is 7.18. The fourth-order valence-electron chi connectivity index (χ4n) is 2.30. The van der Waals surface area contributed by atoms with Gasteiger partial charge in [-0.3, -0.25) is 14.9 Å². The highest BCUT2D eigenvalue weighted by atomic mass is 35.5. The van der Waals surface area contributed by atoms with E-state index in [1.165, 1.54) is 0 Å². The molecule has 0 radical (unpaired) electrons. The summed E-state index contributed by atoms with van der Waals surface area (Å²) in [7, 11) is 0. The van der Waals surface area contributed by atoms with E-state index in [1.807, 2.05) is 12.1 Å². The van der Waals surface area contributed by atoms with Crippen LogP contribution in [-0.2, 0) is 9.59 Å². The summed E-state index contributed by atoms with van der Waals surface area (Å²) >= 11 is 7.25. The molecule has 6 nitrogen and oxygen atoms in total. The Morgan fingerprint density at radius 2 is 2.00 bits per heavy atom. The third kappa shape index (κ3) is 2.46. The number of anilines is 1. The summed E-state index contributed by atoms with van der Waals surface area (Å²) in [6.07, 6.45) is 1.44. The fourth-order valence-corrected chi connectivity index (χ4v) is 3.36. The van der Waals surface area contributed by atoms with Gasteiger partial charge in [0.25, 0.3) is 0 Å². The summed E-state index contributed by atoms with van der Waals surface area (Å²) < 4.78 is 0. The maximum atomic E-state index is 12.2. The van der Waals surface area contributed by atoms with Crippen LogP contribution < -0.4 is 5.32 Å². The van der Waals surface area contributed by atoms with Crippen molar-refractivity contribution in [2.45, 2.75) is 19.3 Å². The van der Waals surface area contributed by atoms with Crippen LogP contribution in [0.4, 0.5) is 5.13 Å². The van der Waals surface area contributed by atoms with Crippen LogP contribution in [0.5, 0.6) is 0 Å². The molecule has 0 unspecified atom stereocenters. The predicted octanol–water partition coefficient (Wildman–Crippen LogP) is 3.05.